The number of methoxy groups -OCH3 is 1. The first kappa shape index (κ1) is 19.3. The second-order valence-electron chi connectivity index (χ2n) is 7.08. The molecular weight excluding hydrogens is 350 g/mol. The number of hydrogen-bond donors (Lipinski definition) is 3. The van der Waals surface area contributed by atoms with Gasteiger partial charge in [0.25, 0.3) is 0 Å². The number of H-pyrrole nitrogens is 1. The summed E-state index contributed by atoms with van der Waals surface area (Å²) in [5.41, 5.74) is 3.94. The number of ether oxygens (including phenoxy) is 1. The number of benzene rings is 1. The van der Waals surface area contributed by atoms with Crippen LogP contribution in [-0.4, -0.2) is 70.1 Å². The van der Waals surface area contributed by atoms with Crippen molar-refractivity contribution < 1.29 is 24.5 Å². The standard InChI is InChI=1S/C17H23N3O.C2H2O4/c1-3-20-9-11(10-21-2)7-13-12-5-4-6-14-17(12)15(19-18-14)8-16(13)20;3-1(4)2(5)6/h4-6,11,13,16H,3,7-10H2,1-2H3,(H,18,19);(H,3,4)(H,5,6)/t11-,13-,16-;/m1./s1. The predicted octanol–water partition coefficient (Wildman–Crippen LogP) is 1.71. The second kappa shape index (κ2) is 8.06. The van der Waals surface area contributed by atoms with Gasteiger partial charge in [-0.05, 0) is 30.5 Å². The van der Waals surface area contributed by atoms with Gasteiger partial charge in [0.1, 0.15) is 0 Å². The first-order valence-corrected chi connectivity index (χ1v) is 9.11. The van der Waals surface area contributed by atoms with E-state index >= 15 is 0 Å². The lowest BCUT2D eigenvalue weighted by Gasteiger charge is -2.46. The number of hydrogen-bond acceptors (Lipinski definition) is 5. The summed E-state index contributed by atoms with van der Waals surface area (Å²) >= 11 is 0. The van der Waals surface area contributed by atoms with E-state index in [2.05, 4.69) is 40.2 Å². The van der Waals surface area contributed by atoms with Crippen LogP contribution in [0.25, 0.3) is 10.9 Å². The zero-order valence-electron chi connectivity index (χ0n) is 15.5. The smallest absolute Gasteiger partial charge is 0.414 e. The summed E-state index contributed by atoms with van der Waals surface area (Å²) in [5, 5.41) is 23.9. The molecule has 146 valence electrons. The van der Waals surface area contributed by atoms with Crippen LogP contribution in [-0.2, 0) is 20.7 Å². The average Bonchev–Trinajstić information content (AvgIpc) is 3.07. The van der Waals surface area contributed by atoms with Gasteiger partial charge in [-0.2, -0.15) is 5.10 Å². The van der Waals surface area contributed by atoms with Crippen LogP contribution in [0.4, 0.5) is 0 Å². The van der Waals surface area contributed by atoms with Crippen molar-refractivity contribution in [3.63, 3.8) is 0 Å². The van der Waals surface area contributed by atoms with Gasteiger partial charge < -0.3 is 14.9 Å². The Bertz CT molecular complexity index is 822. The van der Waals surface area contributed by atoms with E-state index in [1.807, 2.05) is 7.11 Å². The van der Waals surface area contributed by atoms with Crippen molar-refractivity contribution in [2.75, 3.05) is 26.8 Å². The van der Waals surface area contributed by atoms with Crippen LogP contribution in [0.2, 0.25) is 0 Å². The van der Waals surface area contributed by atoms with E-state index in [0.717, 1.165) is 31.6 Å². The molecule has 8 nitrogen and oxygen atoms in total. The molecule has 27 heavy (non-hydrogen) atoms. The summed E-state index contributed by atoms with van der Waals surface area (Å²) in [5.74, 6) is -2.39. The highest BCUT2D eigenvalue weighted by Crippen LogP contribution is 2.43. The maximum Gasteiger partial charge on any atom is 0.414 e. The number of rotatable bonds is 3. The molecule has 4 rings (SSSR count). The lowest BCUT2D eigenvalue weighted by Crippen LogP contribution is -2.50. The fraction of sp³-hybridized carbons (Fsp3) is 0.526. The molecule has 8 heteroatoms. The van der Waals surface area contributed by atoms with Gasteiger partial charge in [0.2, 0.25) is 0 Å². The van der Waals surface area contributed by atoms with Gasteiger partial charge in [0.05, 0.1) is 12.1 Å². The van der Waals surface area contributed by atoms with Crippen molar-refractivity contribution in [1.29, 1.82) is 0 Å². The van der Waals surface area contributed by atoms with E-state index in [1.165, 1.54) is 23.1 Å². The number of likely N-dealkylation sites (N-methyl/N-ethyl adjacent to an activating group) is 1. The largest absolute Gasteiger partial charge is 0.473 e. The number of carbonyl (C=O) groups is 2. The van der Waals surface area contributed by atoms with E-state index in [9.17, 15) is 0 Å². The first-order valence-electron chi connectivity index (χ1n) is 9.11. The molecule has 1 saturated heterocycles. The van der Waals surface area contributed by atoms with E-state index < -0.39 is 11.9 Å². The summed E-state index contributed by atoms with van der Waals surface area (Å²) in [7, 11) is 1.82. The third-order valence-electron chi connectivity index (χ3n) is 5.51. The van der Waals surface area contributed by atoms with Crippen LogP contribution in [0.15, 0.2) is 18.2 Å². The number of nitrogens with zero attached hydrogens (tertiary/aromatic N) is 2. The third kappa shape index (κ3) is 3.81. The average molecular weight is 375 g/mol. The van der Waals surface area contributed by atoms with Crippen molar-refractivity contribution in [3.8, 4) is 0 Å². The van der Waals surface area contributed by atoms with E-state index in [1.54, 1.807) is 0 Å². The highest BCUT2D eigenvalue weighted by Gasteiger charge is 2.40. The Kier molecular flexibility index (Phi) is 5.76. The summed E-state index contributed by atoms with van der Waals surface area (Å²) < 4.78 is 5.44. The Balaban J connectivity index is 0.000000307. The Hall–Kier alpha value is -2.45. The third-order valence-corrected chi connectivity index (χ3v) is 5.51. The summed E-state index contributed by atoms with van der Waals surface area (Å²) in [4.78, 5) is 20.8. The molecule has 1 aromatic heterocycles. The van der Waals surface area contributed by atoms with Crippen molar-refractivity contribution in [3.05, 3.63) is 29.5 Å². The first-order chi connectivity index (χ1) is 13.0. The molecule has 1 aliphatic heterocycles. The maximum atomic E-state index is 9.10. The zero-order valence-corrected chi connectivity index (χ0v) is 15.5. The molecular formula is C19H25N3O5. The van der Waals surface area contributed by atoms with Gasteiger partial charge in [-0.3, -0.25) is 10.00 Å². The number of fused-ring (bicyclic) bond motifs is 2. The highest BCUT2D eigenvalue weighted by atomic mass is 16.5. The van der Waals surface area contributed by atoms with Gasteiger partial charge in [0.15, 0.2) is 0 Å². The minimum atomic E-state index is -1.82. The fourth-order valence-electron chi connectivity index (χ4n) is 4.47. The number of nitrogens with one attached hydrogen (secondary N) is 1. The van der Waals surface area contributed by atoms with Gasteiger partial charge >= 0.3 is 11.9 Å². The number of piperidine rings is 1. The molecule has 0 bridgehead atoms. The predicted molar refractivity (Wildman–Crippen MR) is 98.8 cm³/mol. The molecule has 2 aromatic rings. The van der Waals surface area contributed by atoms with Crippen molar-refractivity contribution in [2.24, 2.45) is 5.92 Å². The number of aromatic amines is 1. The molecule has 0 spiro atoms. The Morgan fingerprint density at radius 2 is 2.07 bits per heavy atom. The Labute approximate surface area is 157 Å². The lowest BCUT2D eigenvalue weighted by atomic mass is 9.73. The van der Waals surface area contributed by atoms with Crippen molar-refractivity contribution >= 4 is 22.8 Å². The van der Waals surface area contributed by atoms with Crippen LogP contribution in [0.3, 0.4) is 0 Å². The molecule has 1 aliphatic carbocycles. The Morgan fingerprint density at radius 1 is 1.33 bits per heavy atom. The van der Waals surface area contributed by atoms with Crippen LogP contribution < -0.4 is 0 Å². The minimum absolute atomic E-state index is 0.613. The van der Waals surface area contributed by atoms with Crippen LogP contribution in [0.1, 0.15) is 30.5 Å². The van der Waals surface area contributed by atoms with Crippen molar-refractivity contribution in [1.82, 2.24) is 15.1 Å². The summed E-state index contributed by atoms with van der Waals surface area (Å²) in [6.07, 6.45) is 2.34. The molecule has 3 N–H and O–H groups in total. The van der Waals surface area contributed by atoms with E-state index in [4.69, 9.17) is 24.5 Å². The van der Waals surface area contributed by atoms with Gasteiger partial charge in [0, 0.05) is 43.1 Å². The topological polar surface area (TPSA) is 116 Å². The molecule has 2 heterocycles. The van der Waals surface area contributed by atoms with E-state index in [0.29, 0.717) is 17.9 Å². The fourth-order valence-corrected chi connectivity index (χ4v) is 4.47. The number of carboxylic acid groups (broad SMARTS) is 2. The molecule has 2 aliphatic rings. The molecule has 0 amide bonds. The molecule has 3 atom stereocenters. The number of aliphatic carboxylic acids is 2. The number of aromatic nitrogens is 2. The van der Waals surface area contributed by atoms with Gasteiger partial charge in [-0.15, -0.1) is 0 Å². The zero-order chi connectivity index (χ0) is 19.6. The molecule has 0 radical (unpaired) electrons. The van der Waals surface area contributed by atoms with Crippen LogP contribution >= 0.6 is 0 Å². The molecule has 1 fully saturated rings. The molecule has 0 saturated carbocycles. The van der Waals surface area contributed by atoms with Crippen LogP contribution in [0, 0.1) is 5.92 Å². The normalized spacial score (nSPS) is 24.0. The molecule has 0 unspecified atom stereocenters. The van der Waals surface area contributed by atoms with Gasteiger partial charge in [-0.25, -0.2) is 9.59 Å². The SMILES string of the molecule is CCN1C[C@H](COC)C[C@@H]2c3cccc4n[nH]c(c34)C[C@H]21.O=C(O)C(=O)O. The maximum absolute atomic E-state index is 9.10. The minimum Gasteiger partial charge on any atom is -0.473 e. The van der Waals surface area contributed by atoms with E-state index in [-0.39, 0.29) is 0 Å². The monoisotopic (exact) mass is 375 g/mol. The molecule has 1 aromatic carbocycles. The number of likely N-dealkylation sites (tertiary alicyclic amines) is 1. The lowest BCUT2D eigenvalue weighted by molar-refractivity contribution is -0.159. The summed E-state index contributed by atoms with van der Waals surface area (Å²) in [6, 6.07) is 7.19. The second-order valence-corrected chi connectivity index (χ2v) is 7.08. The summed E-state index contributed by atoms with van der Waals surface area (Å²) in [6.45, 7) is 5.41. The van der Waals surface area contributed by atoms with Crippen LogP contribution in [0.5, 0.6) is 0 Å². The number of carboxylic acids is 2. The highest BCUT2D eigenvalue weighted by molar-refractivity contribution is 6.27. The quantitative estimate of drug-likeness (QED) is 0.700. The Morgan fingerprint density at radius 3 is 2.70 bits per heavy atom. The van der Waals surface area contributed by atoms with Gasteiger partial charge in [-0.1, -0.05) is 19.1 Å². The van der Waals surface area contributed by atoms with Crippen molar-refractivity contribution in [2.45, 2.75) is 31.7 Å².